The minimum absolute atomic E-state index is 0.0703. The Kier molecular flexibility index (Phi) is 9.21. The van der Waals surface area contributed by atoms with Crippen LogP contribution in [0.4, 0.5) is 5.00 Å². The van der Waals surface area contributed by atoms with Crippen LogP contribution in [0.3, 0.4) is 0 Å². The van der Waals surface area contributed by atoms with Gasteiger partial charge in [0.25, 0.3) is 0 Å². The summed E-state index contributed by atoms with van der Waals surface area (Å²) in [6, 6.07) is 15.5. The van der Waals surface area contributed by atoms with Gasteiger partial charge in [0.1, 0.15) is 16.3 Å². The highest BCUT2D eigenvalue weighted by molar-refractivity contribution is 7.99. The van der Waals surface area contributed by atoms with Crippen LogP contribution in [0.5, 0.6) is 5.75 Å². The Labute approximate surface area is 236 Å². The number of nitrogens with zero attached hydrogens (tertiary/aromatic N) is 3. The molecule has 10 heteroatoms. The molecule has 0 radical (unpaired) electrons. The van der Waals surface area contributed by atoms with E-state index in [-0.39, 0.29) is 17.8 Å². The molecule has 4 aromatic rings. The zero-order valence-electron chi connectivity index (χ0n) is 22.3. The van der Waals surface area contributed by atoms with Crippen molar-refractivity contribution < 1.29 is 19.1 Å². The first kappa shape index (κ1) is 28.1. The maximum atomic E-state index is 12.9. The number of hydrogen-bond acceptors (Lipinski definition) is 8. The number of aryl methyl sites for hydroxylation is 2. The van der Waals surface area contributed by atoms with Gasteiger partial charge >= 0.3 is 5.97 Å². The fourth-order valence-electron chi connectivity index (χ4n) is 3.93. The molecule has 2 heterocycles. The van der Waals surface area contributed by atoms with E-state index in [1.165, 1.54) is 35.8 Å². The van der Waals surface area contributed by atoms with Gasteiger partial charge in [-0.1, -0.05) is 54.2 Å². The van der Waals surface area contributed by atoms with Crippen LogP contribution in [0.2, 0.25) is 0 Å². The number of aromatic nitrogens is 3. The number of allylic oxidation sites excluding steroid dienone is 1. The molecule has 0 aliphatic rings. The van der Waals surface area contributed by atoms with E-state index in [2.05, 4.69) is 29.0 Å². The van der Waals surface area contributed by atoms with Crippen LogP contribution >= 0.6 is 23.1 Å². The third-order valence-corrected chi connectivity index (χ3v) is 7.92. The number of anilines is 1. The van der Waals surface area contributed by atoms with Crippen molar-refractivity contribution in [3.63, 3.8) is 0 Å². The number of carbonyl (C=O) groups is 2. The molecule has 8 nitrogen and oxygen atoms in total. The molecule has 0 saturated carbocycles. The number of amides is 1. The lowest BCUT2D eigenvalue weighted by molar-refractivity contribution is -0.113. The highest BCUT2D eigenvalue weighted by Gasteiger charge is 2.23. The largest absolute Gasteiger partial charge is 0.483 e. The summed E-state index contributed by atoms with van der Waals surface area (Å²) in [5.41, 5.74) is 4.25. The predicted molar refractivity (Wildman–Crippen MR) is 156 cm³/mol. The molecule has 0 saturated heterocycles. The van der Waals surface area contributed by atoms with Crippen molar-refractivity contribution in [2.45, 2.75) is 38.6 Å². The lowest BCUT2D eigenvalue weighted by Gasteiger charge is -2.16. The number of thiophene rings is 1. The van der Waals surface area contributed by atoms with E-state index < -0.39 is 5.97 Å². The van der Waals surface area contributed by atoms with Gasteiger partial charge in [0.05, 0.1) is 12.9 Å². The number of methoxy groups -OCH3 is 1. The topological polar surface area (TPSA) is 95.3 Å². The molecule has 2 aromatic heterocycles. The SMILES string of the molecule is C=CCn1c(SCC(=O)Nc2scc(-c3ccccc3)c2C(=O)OC)nnc1C(C)Oc1ccc(C)c(C)c1. The summed E-state index contributed by atoms with van der Waals surface area (Å²) in [6.07, 6.45) is 1.38. The van der Waals surface area contributed by atoms with E-state index in [1.807, 2.05) is 72.3 Å². The number of benzene rings is 2. The van der Waals surface area contributed by atoms with Gasteiger partial charge < -0.3 is 14.8 Å². The fourth-order valence-corrected chi connectivity index (χ4v) is 5.66. The summed E-state index contributed by atoms with van der Waals surface area (Å²) in [4.78, 5) is 25.5. The lowest BCUT2D eigenvalue weighted by Crippen LogP contribution is -2.17. The number of thioether (sulfide) groups is 1. The van der Waals surface area contributed by atoms with Crippen LogP contribution < -0.4 is 10.1 Å². The van der Waals surface area contributed by atoms with Gasteiger partial charge in [0.2, 0.25) is 5.91 Å². The minimum atomic E-state index is -0.508. The van der Waals surface area contributed by atoms with Crippen molar-refractivity contribution in [1.29, 1.82) is 0 Å². The van der Waals surface area contributed by atoms with E-state index in [1.54, 1.807) is 6.08 Å². The van der Waals surface area contributed by atoms with Crippen LogP contribution in [0.1, 0.15) is 40.3 Å². The normalized spacial score (nSPS) is 11.6. The summed E-state index contributed by atoms with van der Waals surface area (Å²) in [5.74, 6) is 0.669. The molecular formula is C29H30N4O4S2. The Morgan fingerprint density at radius 1 is 1.15 bits per heavy atom. The average molecular weight is 563 g/mol. The standard InChI is InChI=1S/C29H30N4O4S2/c1-6-14-33-26(20(4)37-22-13-12-18(2)19(3)15-22)31-32-29(33)39-17-24(34)30-27-25(28(35)36-5)23(16-38-27)21-10-8-7-9-11-21/h6-13,15-16,20H,1,14,17H2,2-5H3,(H,30,34). The molecule has 1 amide bonds. The molecule has 39 heavy (non-hydrogen) atoms. The molecule has 4 rings (SSSR count). The Morgan fingerprint density at radius 2 is 1.92 bits per heavy atom. The first-order chi connectivity index (χ1) is 18.8. The summed E-state index contributed by atoms with van der Waals surface area (Å²) in [5, 5.41) is 14.4. The predicted octanol–water partition coefficient (Wildman–Crippen LogP) is 6.47. The lowest BCUT2D eigenvalue weighted by atomic mass is 10.0. The maximum Gasteiger partial charge on any atom is 0.341 e. The number of rotatable bonds is 11. The molecule has 0 aliphatic heterocycles. The highest BCUT2D eigenvalue weighted by atomic mass is 32.2. The zero-order valence-corrected chi connectivity index (χ0v) is 23.9. The molecule has 202 valence electrons. The van der Waals surface area contributed by atoms with Gasteiger partial charge in [-0.05, 0) is 49.6 Å². The highest BCUT2D eigenvalue weighted by Crippen LogP contribution is 2.36. The molecule has 1 atom stereocenters. The van der Waals surface area contributed by atoms with Crippen molar-refractivity contribution in [2.24, 2.45) is 0 Å². The Balaban J connectivity index is 1.47. The van der Waals surface area contributed by atoms with Crippen LogP contribution in [0.25, 0.3) is 11.1 Å². The number of ether oxygens (including phenoxy) is 2. The van der Waals surface area contributed by atoms with Gasteiger partial charge in [-0.15, -0.1) is 28.1 Å². The molecule has 2 aromatic carbocycles. The van der Waals surface area contributed by atoms with Gasteiger partial charge in [-0.3, -0.25) is 9.36 Å². The minimum Gasteiger partial charge on any atom is -0.483 e. The van der Waals surface area contributed by atoms with Crippen LogP contribution in [0.15, 0.2) is 71.7 Å². The molecule has 1 unspecified atom stereocenters. The molecule has 0 bridgehead atoms. The van der Waals surface area contributed by atoms with E-state index in [9.17, 15) is 9.59 Å². The van der Waals surface area contributed by atoms with Gasteiger partial charge in [0.15, 0.2) is 17.1 Å². The zero-order chi connectivity index (χ0) is 27.9. The maximum absolute atomic E-state index is 12.9. The monoisotopic (exact) mass is 562 g/mol. The van der Waals surface area contributed by atoms with Crippen molar-refractivity contribution in [3.05, 3.63) is 89.1 Å². The number of esters is 1. The van der Waals surface area contributed by atoms with Crippen molar-refractivity contribution in [1.82, 2.24) is 14.8 Å². The van der Waals surface area contributed by atoms with E-state index in [0.717, 1.165) is 16.9 Å². The summed E-state index contributed by atoms with van der Waals surface area (Å²) in [6.45, 7) is 10.3. The quantitative estimate of drug-likeness (QED) is 0.127. The molecule has 0 spiro atoms. The van der Waals surface area contributed by atoms with Crippen molar-refractivity contribution in [3.8, 4) is 16.9 Å². The summed E-state index contributed by atoms with van der Waals surface area (Å²) in [7, 11) is 1.32. The average Bonchev–Trinajstić information content (AvgIpc) is 3.54. The number of carbonyl (C=O) groups excluding carboxylic acids is 2. The van der Waals surface area contributed by atoms with Gasteiger partial charge in [0, 0.05) is 17.5 Å². The second-order valence-corrected chi connectivity index (χ2v) is 10.6. The van der Waals surface area contributed by atoms with Crippen molar-refractivity contribution in [2.75, 3.05) is 18.2 Å². The molecular weight excluding hydrogens is 532 g/mol. The Hall–Kier alpha value is -3.89. The Morgan fingerprint density at radius 3 is 2.62 bits per heavy atom. The fraction of sp³-hybridized carbons (Fsp3) is 0.241. The van der Waals surface area contributed by atoms with E-state index in [4.69, 9.17) is 9.47 Å². The summed E-state index contributed by atoms with van der Waals surface area (Å²) >= 11 is 2.53. The molecule has 1 N–H and O–H groups in total. The first-order valence-corrected chi connectivity index (χ1v) is 14.1. The van der Waals surface area contributed by atoms with Gasteiger partial charge in [-0.25, -0.2) is 4.79 Å². The third-order valence-electron chi connectivity index (χ3n) is 6.06. The van der Waals surface area contributed by atoms with E-state index >= 15 is 0 Å². The number of hydrogen-bond donors (Lipinski definition) is 1. The second kappa shape index (κ2) is 12.8. The summed E-state index contributed by atoms with van der Waals surface area (Å²) < 4.78 is 13.0. The van der Waals surface area contributed by atoms with Crippen LogP contribution in [-0.2, 0) is 16.1 Å². The first-order valence-electron chi connectivity index (χ1n) is 12.3. The second-order valence-electron chi connectivity index (χ2n) is 8.79. The molecule has 0 fully saturated rings. The third kappa shape index (κ3) is 6.58. The van der Waals surface area contributed by atoms with Gasteiger partial charge in [-0.2, -0.15) is 0 Å². The van der Waals surface area contributed by atoms with Crippen molar-refractivity contribution >= 4 is 40.0 Å². The smallest absolute Gasteiger partial charge is 0.341 e. The number of nitrogens with one attached hydrogen (secondary N) is 1. The molecule has 0 aliphatic carbocycles. The van der Waals surface area contributed by atoms with Crippen LogP contribution in [-0.4, -0.2) is 39.5 Å². The Bertz CT molecular complexity index is 1480. The van der Waals surface area contributed by atoms with E-state index in [0.29, 0.717) is 33.7 Å². The van der Waals surface area contributed by atoms with Crippen LogP contribution in [0, 0.1) is 13.8 Å².